The summed E-state index contributed by atoms with van der Waals surface area (Å²) in [5.41, 5.74) is 1.12. The second-order valence-corrected chi connectivity index (χ2v) is 5.02. The third kappa shape index (κ3) is 4.29. The topological polar surface area (TPSA) is 122 Å². The van der Waals surface area contributed by atoms with Gasteiger partial charge in [0.2, 0.25) is 5.91 Å². The highest BCUT2D eigenvalue weighted by Gasteiger charge is 2.15. The van der Waals surface area contributed by atoms with Gasteiger partial charge in [-0.05, 0) is 29.8 Å². The Morgan fingerprint density at radius 2 is 1.83 bits per heavy atom. The highest BCUT2D eigenvalue weighted by molar-refractivity contribution is 5.95. The molecular weight excluding hydrogens is 314 g/mol. The molecule has 24 heavy (non-hydrogen) atoms. The molecule has 0 saturated heterocycles. The van der Waals surface area contributed by atoms with Crippen LogP contribution in [0.25, 0.3) is 0 Å². The van der Waals surface area contributed by atoms with Gasteiger partial charge in [-0.3, -0.25) is 19.7 Å². The number of anilines is 1. The van der Waals surface area contributed by atoms with Crippen LogP contribution in [0.2, 0.25) is 0 Å². The molecule has 0 atom stereocenters. The van der Waals surface area contributed by atoms with Gasteiger partial charge in [-0.2, -0.15) is 0 Å². The molecule has 0 aliphatic rings. The highest BCUT2D eigenvalue weighted by Crippen LogP contribution is 2.26. The number of amides is 2. The van der Waals surface area contributed by atoms with Crippen molar-refractivity contribution in [1.82, 2.24) is 5.32 Å². The predicted molar refractivity (Wildman–Crippen MR) is 86.7 cm³/mol. The molecular formula is C16H15N3O5. The van der Waals surface area contributed by atoms with E-state index in [0.29, 0.717) is 5.69 Å². The van der Waals surface area contributed by atoms with Crippen molar-refractivity contribution < 1.29 is 19.6 Å². The number of benzene rings is 2. The lowest BCUT2D eigenvalue weighted by Gasteiger charge is -2.07. The van der Waals surface area contributed by atoms with Gasteiger partial charge in [0.25, 0.3) is 5.91 Å². The first kappa shape index (κ1) is 16.9. The molecule has 124 valence electrons. The minimum Gasteiger partial charge on any atom is -0.502 e. The van der Waals surface area contributed by atoms with Crippen molar-refractivity contribution in [1.29, 1.82) is 0 Å². The minimum absolute atomic E-state index is 0.118. The third-order valence-corrected chi connectivity index (χ3v) is 3.16. The molecule has 2 aromatic rings. The van der Waals surface area contributed by atoms with E-state index in [1.54, 1.807) is 24.3 Å². The van der Waals surface area contributed by atoms with Crippen LogP contribution in [0.5, 0.6) is 5.75 Å². The molecule has 0 bridgehead atoms. The van der Waals surface area contributed by atoms with E-state index < -0.39 is 22.3 Å². The summed E-state index contributed by atoms with van der Waals surface area (Å²) < 4.78 is 0. The molecule has 0 unspecified atom stereocenters. The van der Waals surface area contributed by atoms with Gasteiger partial charge in [-0.25, -0.2) is 0 Å². The number of nitro benzene ring substituents is 1. The molecule has 8 nitrogen and oxygen atoms in total. The smallest absolute Gasteiger partial charge is 0.310 e. The van der Waals surface area contributed by atoms with Gasteiger partial charge in [0, 0.05) is 30.8 Å². The summed E-state index contributed by atoms with van der Waals surface area (Å²) in [7, 11) is 0. The maximum atomic E-state index is 12.0. The summed E-state index contributed by atoms with van der Waals surface area (Å²) in [6.45, 7) is 1.64. The molecule has 0 spiro atoms. The van der Waals surface area contributed by atoms with Crippen LogP contribution in [0.15, 0.2) is 42.5 Å². The summed E-state index contributed by atoms with van der Waals surface area (Å²) in [5, 5.41) is 25.4. The molecule has 2 aromatic carbocycles. The van der Waals surface area contributed by atoms with Gasteiger partial charge in [0.15, 0.2) is 5.75 Å². The van der Waals surface area contributed by atoms with E-state index in [-0.39, 0.29) is 18.0 Å². The molecule has 2 amide bonds. The quantitative estimate of drug-likeness (QED) is 0.573. The van der Waals surface area contributed by atoms with Gasteiger partial charge in [-0.1, -0.05) is 12.1 Å². The number of nitrogens with one attached hydrogen (secondary N) is 2. The Morgan fingerprint density at radius 1 is 1.17 bits per heavy atom. The number of nitrogens with zero attached hydrogens (tertiary/aromatic N) is 1. The zero-order chi connectivity index (χ0) is 17.7. The van der Waals surface area contributed by atoms with Gasteiger partial charge >= 0.3 is 5.69 Å². The van der Waals surface area contributed by atoms with Crippen LogP contribution >= 0.6 is 0 Å². The van der Waals surface area contributed by atoms with E-state index in [4.69, 9.17) is 0 Å². The van der Waals surface area contributed by atoms with E-state index >= 15 is 0 Å². The van der Waals surface area contributed by atoms with Crippen molar-refractivity contribution in [2.24, 2.45) is 0 Å². The Hall–Kier alpha value is -3.42. The first-order valence-electron chi connectivity index (χ1n) is 6.99. The number of hydrogen-bond acceptors (Lipinski definition) is 5. The molecule has 0 radical (unpaired) electrons. The average molecular weight is 329 g/mol. The van der Waals surface area contributed by atoms with Crippen LogP contribution in [-0.4, -0.2) is 21.8 Å². The van der Waals surface area contributed by atoms with Crippen molar-refractivity contribution >= 4 is 23.2 Å². The van der Waals surface area contributed by atoms with Crippen molar-refractivity contribution in [3.8, 4) is 5.75 Å². The Balaban J connectivity index is 1.99. The van der Waals surface area contributed by atoms with Crippen molar-refractivity contribution in [2.45, 2.75) is 13.5 Å². The number of nitro groups is 1. The van der Waals surface area contributed by atoms with E-state index in [9.17, 15) is 24.8 Å². The molecule has 2 rings (SSSR count). The number of carbonyl (C=O) groups is 2. The highest BCUT2D eigenvalue weighted by atomic mass is 16.6. The van der Waals surface area contributed by atoms with Gasteiger partial charge in [-0.15, -0.1) is 0 Å². The fraction of sp³-hybridized carbons (Fsp3) is 0.125. The molecule has 0 fully saturated rings. The van der Waals surface area contributed by atoms with Gasteiger partial charge < -0.3 is 15.7 Å². The number of aromatic hydroxyl groups is 1. The molecule has 3 N–H and O–H groups in total. The number of rotatable bonds is 5. The lowest BCUT2D eigenvalue weighted by molar-refractivity contribution is -0.385. The monoisotopic (exact) mass is 329 g/mol. The van der Waals surface area contributed by atoms with Gasteiger partial charge in [0.1, 0.15) is 0 Å². The van der Waals surface area contributed by atoms with E-state index in [1.807, 2.05) is 0 Å². The Kier molecular flexibility index (Phi) is 5.10. The lowest BCUT2D eigenvalue weighted by Crippen LogP contribution is -2.22. The number of carbonyl (C=O) groups excluding carboxylic acids is 2. The van der Waals surface area contributed by atoms with Gasteiger partial charge in [0.05, 0.1) is 4.92 Å². The second-order valence-electron chi connectivity index (χ2n) is 5.02. The zero-order valence-electron chi connectivity index (χ0n) is 12.8. The Morgan fingerprint density at radius 3 is 2.38 bits per heavy atom. The zero-order valence-corrected chi connectivity index (χ0v) is 12.8. The summed E-state index contributed by atoms with van der Waals surface area (Å²) in [5.74, 6) is -1.20. The van der Waals surface area contributed by atoms with E-state index in [2.05, 4.69) is 10.6 Å². The van der Waals surface area contributed by atoms with E-state index in [0.717, 1.165) is 17.7 Å². The third-order valence-electron chi connectivity index (χ3n) is 3.16. The first-order valence-corrected chi connectivity index (χ1v) is 6.99. The van der Waals surface area contributed by atoms with Crippen molar-refractivity contribution in [3.05, 3.63) is 63.7 Å². The summed E-state index contributed by atoms with van der Waals surface area (Å²) in [6.07, 6.45) is 0. The fourth-order valence-electron chi connectivity index (χ4n) is 2.01. The standard InChI is InChI=1S/C16H15N3O5/c1-10(20)18-13-5-2-11(3-6-13)9-17-16(22)12-4-7-14(19(23)24)15(21)8-12/h2-8,21H,9H2,1H3,(H,17,22)(H,18,20). The molecule has 0 saturated carbocycles. The van der Waals surface area contributed by atoms with Crippen LogP contribution in [0.4, 0.5) is 11.4 Å². The van der Waals surface area contributed by atoms with E-state index in [1.165, 1.54) is 13.0 Å². The molecule has 0 aliphatic carbocycles. The fourth-order valence-corrected chi connectivity index (χ4v) is 2.01. The van der Waals surface area contributed by atoms with Crippen LogP contribution in [0, 0.1) is 10.1 Å². The summed E-state index contributed by atoms with van der Waals surface area (Å²) >= 11 is 0. The summed E-state index contributed by atoms with van der Waals surface area (Å²) in [6, 6.07) is 10.3. The maximum Gasteiger partial charge on any atom is 0.310 e. The lowest BCUT2D eigenvalue weighted by atomic mass is 10.1. The average Bonchev–Trinajstić information content (AvgIpc) is 2.53. The van der Waals surface area contributed by atoms with Crippen LogP contribution in [0.1, 0.15) is 22.8 Å². The van der Waals surface area contributed by atoms with Crippen LogP contribution < -0.4 is 10.6 Å². The number of phenolic OH excluding ortho intramolecular Hbond substituents is 1. The molecule has 0 heterocycles. The normalized spacial score (nSPS) is 10.0. The number of phenols is 1. The second kappa shape index (κ2) is 7.23. The molecule has 0 aromatic heterocycles. The SMILES string of the molecule is CC(=O)Nc1ccc(CNC(=O)c2ccc([N+](=O)[O-])c(O)c2)cc1. The number of hydrogen-bond donors (Lipinski definition) is 3. The molecule has 8 heteroatoms. The Labute approximate surface area is 137 Å². The largest absolute Gasteiger partial charge is 0.502 e. The maximum absolute atomic E-state index is 12.0. The van der Waals surface area contributed by atoms with Crippen molar-refractivity contribution in [3.63, 3.8) is 0 Å². The predicted octanol–water partition coefficient (Wildman–Crippen LogP) is 2.19. The van der Waals surface area contributed by atoms with Crippen LogP contribution in [0.3, 0.4) is 0 Å². The minimum atomic E-state index is -0.729. The first-order chi connectivity index (χ1) is 11.4. The van der Waals surface area contributed by atoms with Crippen molar-refractivity contribution in [2.75, 3.05) is 5.32 Å². The molecule has 0 aliphatic heterocycles. The Bertz CT molecular complexity index is 787. The summed E-state index contributed by atoms with van der Waals surface area (Å²) in [4.78, 5) is 32.8. The van der Waals surface area contributed by atoms with Crippen LogP contribution in [-0.2, 0) is 11.3 Å².